The molecule has 1 aliphatic rings. The number of hydrogen-bond acceptors (Lipinski definition) is 5. The van der Waals surface area contributed by atoms with Gasteiger partial charge in [0.1, 0.15) is 12.1 Å². The Morgan fingerprint density at radius 3 is 3.05 bits per heavy atom. The van der Waals surface area contributed by atoms with Crippen LogP contribution in [-0.4, -0.2) is 42.1 Å². The molecule has 0 saturated carbocycles. The van der Waals surface area contributed by atoms with Gasteiger partial charge in [0.2, 0.25) is 5.91 Å². The Kier molecular flexibility index (Phi) is 5.50. The van der Waals surface area contributed by atoms with Gasteiger partial charge in [-0.1, -0.05) is 13.8 Å². The van der Waals surface area contributed by atoms with Crippen molar-refractivity contribution in [3.05, 3.63) is 18.1 Å². The molecule has 1 aromatic rings. The maximum Gasteiger partial charge on any atom is 0.224 e. The molecular formula is C15H25N5O. The molecule has 1 aromatic heterocycles. The molecule has 0 radical (unpaired) electrons. The first-order valence-corrected chi connectivity index (χ1v) is 7.66. The van der Waals surface area contributed by atoms with E-state index in [-0.39, 0.29) is 11.8 Å². The minimum atomic E-state index is 0.0164. The number of carbonyl (C=O) groups excluding carboxylic acids is 1. The number of aromatic nitrogens is 2. The topological polar surface area (TPSA) is 84.1 Å². The summed E-state index contributed by atoms with van der Waals surface area (Å²) < 4.78 is 0. The summed E-state index contributed by atoms with van der Waals surface area (Å²) in [5.74, 6) is 1.41. The van der Waals surface area contributed by atoms with Crippen molar-refractivity contribution in [1.29, 1.82) is 0 Å². The smallest absolute Gasteiger partial charge is 0.224 e. The molecule has 1 unspecified atom stereocenters. The Labute approximate surface area is 126 Å². The zero-order valence-electron chi connectivity index (χ0n) is 12.9. The molecule has 1 atom stereocenters. The summed E-state index contributed by atoms with van der Waals surface area (Å²) in [5.41, 5.74) is 6.46. The van der Waals surface area contributed by atoms with Gasteiger partial charge in [-0.3, -0.25) is 4.79 Å². The lowest BCUT2D eigenvalue weighted by molar-refractivity contribution is -0.125. The molecule has 116 valence electrons. The number of anilines is 1. The van der Waals surface area contributed by atoms with E-state index >= 15 is 0 Å². The van der Waals surface area contributed by atoms with Crippen LogP contribution < -0.4 is 16.0 Å². The van der Waals surface area contributed by atoms with Crippen LogP contribution in [0.1, 0.15) is 38.3 Å². The van der Waals surface area contributed by atoms with E-state index in [1.54, 1.807) is 6.33 Å². The highest BCUT2D eigenvalue weighted by Gasteiger charge is 2.26. The summed E-state index contributed by atoms with van der Waals surface area (Å²) in [6.45, 7) is 6.91. The number of hydrogen-bond donors (Lipinski definition) is 2. The van der Waals surface area contributed by atoms with Crippen molar-refractivity contribution in [2.75, 3.05) is 31.1 Å². The van der Waals surface area contributed by atoms with Gasteiger partial charge in [0, 0.05) is 37.9 Å². The van der Waals surface area contributed by atoms with E-state index in [4.69, 9.17) is 5.73 Å². The molecule has 1 saturated heterocycles. The van der Waals surface area contributed by atoms with Gasteiger partial charge in [-0.15, -0.1) is 0 Å². The minimum Gasteiger partial charge on any atom is -0.356 e. The predicted molar refractivity (Wildman–Crippen MR) is 83.1 cm³/mol. The molecule has 0 aromatic carbocycles. The van der Waals surface area contributed by atoms with Crippen LogP contribution >= 0.6 is 0 Å². The second-order valence-corrected chi connectivity index (χ2v) is 5.82. The lowest BCUT2D eigenvalue weighted by Gasteiger charge is -2.33. The normalized spacial score (nSPS) is 18.9. The van der Waals surface area contributed by atoms with Crippen LogP contribution in [0.25, 0.3) is 0 Å². The van der Waals surface area contributed by atoms with Gasteiger partial charge in [-0.05, 0) is 18.8 Å². The van der Waals surface area contributed by atoms with E-state index in [0.717, 1.165) is 30.9 Å². The van der Waals surface area contributed by atoms with E-state index < -0.39 is 0 Å². The van der Waals surface area contributed by atoms with Crippen LogP contribution in [0, 0.1) is 5.92 Å². The predicted octanol–water partition coefficient (Wildman–Crippen LogP) is 0.891. The van der Waals surface area contributed by atoms with Crippen molar-refractivity contribution in [1.82, 2.24) is 15.3 Å². The third-order valence-corrected chi connectivity index (χ3v) is 3.83. The van der Waals surface area contributed by atoms with Crippen LogP contribution in [0.15, 0.2) is 12.4 Å². The summed E-state index contributed by atoms with van der Waals surface area (Å²) in [6.07, 6.45) is 3.54. The second-order valence-electron chi connectivity index (χ2n) is 5.82. The Morgan fingerprint density at radius 1 is 1.52 bits per heavy atom. The average molecular weight is 291 g/mol. The zero-order valence-corrected chi connectivity index (χ0v) is 12.9. The van der Waals surface area contributed by atoms with Crippen LogP contribution in [0.3, 0.4) is 0 Å². The van der Waals surface area contributed by atoms with Gasteiger partial charge >= 0.3 is 0 Å². The third kappa shape index (κ3) is 4.14. The molecule has 1 aliphatic heterocycles. The summed E-state index contributed by atoms with van der Waals surface area (Å²) >= 11 is 0. The van der Waals surface area contributed by atoms with Gasteiger partial charge in [0.05, 0.1) is 5.92 Å². The van der Waals surface area contributed by atoms with E-state index in [0.29, 0.717) is 25.6 Å². The Bertz CT molecular complexity index is 477. The van der Waals surface area contributed by atoms with Gasteiger partial charge in [0.15, 0.2) is 0 Å². The minimum absolute atomic E-state index is 0.0164. The first-order valence-electron chi connectivity index (χ1n) is 7.66. The average Bonchev–Trinajstić information content (AvgIpc) is 2.52. The molecule has 6 nitrogen and oxygen atoms in total. The highest BCUT2D eigenvalue weighted by atomic mass is 16.1. The molecule has 1 amide bonds. The van der Waals surface area contributed by atoms with Crippen molar-refractivity contribution in [2.24, 2.45) is 11.7 Å². The first kappa shape index (κ1) is 15.7. The molecule has 21 heavy (non-hydrogen) atoms. The van der Waals surface area contributed by atoms with E-state index in [2.05, 4.69) is 34.0 Å². The van der Waals surface area contributed by atoms with Crippen molar-refractivity contribution < 1.29 is 4.79 Å². The molecule has 2 heterocycles. The standard InChI is InChI=1S/C15H25N5O/c1-11(2)13-8-14(19-10-18-13)20-7-3-4-12(9-20)15(21)17-6-5-16/h8,10-12H,3-7,9,16H2,1-2H3,(H,17,21). The van der Waals surface area contributed by atoms with Gasteiger partial charge in [-0.2, -0.15) is 0 Å². The molecule has 0 spiro atoms. The fourth-order valence-corrected chi connectivity index (χ4v) is 2.59. The van der Waals surface area contributed by atoms with Crippen LogP contribution in [-0.2, 0) is 4.79 Å². The van der Waals surface area contributed by atoms with Crippen LogP contribution in [0.4, 0.5) is 5.82 Å². The van der Waals surface area contributed by atoms with Crippen molar-refractivity contribution in [3.63, 3.8) is 0 Å². The molecule has 0 aliphatic carbocycles. The SMILES string of the molecule is CC(C)c1cc(N2CCCC(C(=O)NCCN)C2)ncn1. The number of nitrogens with zero attached hydrogens (tertiary/aromatic N) is 3. The van der Waals surface area contributed by atoms with Crippen molar-refractivity contribution in [2.45, 2.75) is 32.6 Å². The Balaban J connectivity index is 2.03. The fraction of sp³-hybridized carbons (Fsp3) is 0.667. The summed E-state index contributed by atoms with van der Waals surface area (Å²) in [4.78, 5) is 22.9. The lowest BCUT2D eigenvalue weighted by atomic mass is 9.97. The Morgan fingerprint density at radius 2 is 2.33 bits per heavy atom. The van der Waals surface area contributed by atoms with Gasteiger partial charge in [0.25, 0.3) is 0 Å². The Hall–Kier alpha value is -1.69. The third-order valence-electron chi connectivity index (χ3n) is 3.83. The van der Waals surface area contributed by atoms with Crippen molar-refractivity contribution in [3.8, 4) is 0 Å². The molecule has 6 heteroatoms. The number of rotatable bonds is 5. The number of nitrogens with one attached hydrogen (secondary N) is 1. The molecule has 3 N–H and O–H groups in total. The molecule has 0 bridgehead atoms. The zero-order chi connectivity index (χ0) is 15.2. The van der Waals surface area contributed by atoms with Gasteiger partial charge < -0.3 is 16.0 Å². The van der Waals surface area contributed by atoms with E-state index in [1.165, 1.54) is 0 Å². The monoisotopic (exact) mass is 291 g/mol. The lowest BCUT2D eigenvalue weighted by Crippen LogP contribution is -2.44. The number of amides is 1. The van der Waals surface area contributed by atoms with E-state index in [9.17, 15) is 4.79 Å². The van der Waals surface area contributed by atoms with Gasteiger partial charge in [-0.25, -0.2) is 9.97 Å². The van der Waals surface area contributed by atoms with E-state index in [1.807, 2.05) is 6.07 Å². The van der Waals surface area contributed by atoms with Crippen LogP contribution in [0.5, 0.6) is 0 Å². The van der Waals surface area contributed by atoms with Crippen molar-refractivity contribution >= 4 is 11.7 Å². The fourth-order valence-electron chi connectivity index (χ4n) is 2.59. The quantitative estimate of drug-likeness (QED) is 0.841. The molecule has 1 fully saturated rings. The summed E-state index contributed by atoms with van der Waals surface area (Å²) in [6, 6.07) is 2.03. The number of piperidine rings is 1. The summed E-state index contributed by atoms with van der Waals surface area (Å²) in [7, 11) is 0. The highest BCUT2D eigenvalue weighted by Crippen LogP contribution is 2.23. The highest BCUT2D eigenvalue weighted by molar-refractivity contribution is 5.79. The first-order chi connectivity index (χ1) is 10.1. The number of nitrogens with two attached hydrogens (primary N) is 1. The molecule has 2 rings (SSSR count). The summed E-state index contributed by atoms with van der Waals surface area (Å²) in [5, 5.41) is 2.88. The second kappa shape index (κ2) is 7.36. The molecular weight excluding hydrogens is 266 g/mol. The van der Waals surface area contributed by atoms with Crippen LogP contribution in [0.2, 0.25) is 0 Å². The maximum atomic E-state index is 12.1. The largest absolute Gasteiger partial charge is 0.356 e. The number of carbonyl (C=O) groups is 1. The maximum absolute atomic E-state index is 12.1.